The first-order valence-corrected chi connectivity index (χ1v) is 8.14. The maximum absolute atomic E-state index is 12.4. The maximum atomic E-state index is 12.4. The van der Waals surface area contributed by atoms with Crippen LogP contribution < -0.4 is 10.4 Å². The Hall–Kier alpha value is -3.33. The van der Waals surface area contributed by atoms with Gasteiger partial charge in [-0.25, -0.2) is 4.99 Å². The van der Waals surface area contributed by atoms with E-state index in [4.69, 9.17) is 4.74 Å². The van der Waals surface area contributed by atoms with Crippen molar-refractivity contribution >= 4 is 28.6 Å². The fourth-order valence-corrected chi connectivity index (χ4v) is 2.98. The lowest BCUT2D eigenvalue weighted by Gasteiger charge is -2.35. The Kier molecular flexibility index (Phi) is 4.05. The number of non-ortho nitro benzene ring substituents is 1. The van der Waals surface area contributed by atoms with Crippen molar-refractivity contribution < 1.29 is 14.8 Å². The molecule has 0 spiro atoms. The molecule has 1 fully saturated rings. The van der Waals surface area contributed by atoms with E-state index in [9.17, 15) is 15.2 Å². The minimum atomic E-state index is -0.422. The molecule has 26 heavy (non-hydrogen) atoms. The van der Waals surface area contributed by atoms with Crippen molar-refractivity contribution in [3.05, 3.63) is 58.4 Å². The molecule has 0 amide bonds. The summed E-state index contributed by atoms with van der Waals surface area (Å²) in [5.74, 6) is 0.479. The summed E-state index contributed by atoms with van der Waals surface area (Å²) in [7, 11) is 0. The Bertz CT molecular complexity index is 953. The lowest BCUT2D eigenvalue weighted by molar-refractivity contribution is -0.384. The molecule has 1 N–H and O–H groups in total. The van der Waals surface area contributed by atoms with E-state index < -0.39 is 4.92 Å². The average Bonchev–Trinajstić information content (AvgIpc) is 3.11. The van der Waals surface area contributed by atoms with Crippen LogP contribution in [0.3, 0.4) is 0 Å². The molecule has 0 aliphatic carbocycles. The lowest BCUT2D eigenvalue weighted by Crippen LogP contribution is -2.42. The summed E-state index contributed by atoms with van der Waals surface area (Å²) in [6.45, 7) is 2.21. The van der Waals surface area contributed by atoms with Crippen LogP contribution in [-0.4, -0.2) is 46.9 Å². The molecule has 4 rings (SSSR count). The Balaban J connectivity index is 1.59. The number of rotatable bonds is 3. The van der Waals surface area contributed by atoms with Crippen LogP contribution in [0.1, 0.15) is 0 Å². The molecule has 9 nitrogen and oxygen atoms in total. The summed E-state index contributed by atoms with van der Waals surface area (Å²) in [4.78, 5) is 16.6. The van der Waals surface area contributed by atoms with Crippen LogP contribution in [0.25, 0.3) is 16.7 Å². The van der Waals surface area contributed by atoms with Gasteiger partial charge in [-0.05, 0) is 18.0 Å². The number of hydrogen-bond donors (Lipinski definition) is 1. The highest BCUT2D eigenvalue weighted by atomic mass is 16.6. The van der Waals surface area contributed by atoms with E-state index in [0.29, 0.717) is 37.8 Å². The van der Waals surface area contributed by atoms with E-state index in [-0.39, 0.29) is 11.6 Å². The summed E-state index contributed by atoms with van der Waals surface area (Å²) in [5, 5.41) is 27.1. The van der Waals surface area contributed by atoms with Crippen LogP contribution >= 0.6 is 0 Å². The molecule has 0 atom stereocenters. The zero-order chi connectivity index (χ0) is 18.1. The molecule has 2 aromatic rings. The summed E-state index contributed by atoms with van der Waals surface area (Å²) < 4.78 is 7.06. The third-order valence-corrected chi connectivity index (χ3v) is 4.34. The lowest BCUT2D eigenvalue weighted by atomic mass is 10.2. The van der Waals surface area contributed by atoms with Gasteiger partial charge in [-0.2, -0.15) is 0 Å². The Morgan fingerprint density at radius 1 is 1.27 bits per heavy atom. The number of morpholine rings is 1. The predicted molar refractivity (Wildman–Crippen MR) is 93.9 cm³/mol. The molecule has 1 saturated heterocycles. The molecule has 2 aliphatic rings. The summed E-state index contributed by atoms with van der Waals surface area (Å²) in [6.07, 6.45) is 4.94. The Morgan fingerprint density at radius 2 is 2.08 bits per heavy atom. The highest BCUT2D eigenvalue weighted by Gasteiger charge is 2.14. The zero-order valence-corrected chi connectivity index (χ0v) is 13.8. The van der Waals surface area contributed by atoms with Crippen LogP contribution in [0.2, 0.25) is 0 Å². The van der Waals surface area contributed by atoms with Gasteiger partial charge in [-0.15, -0.1) is 0 Å². The second kappa shape index (κ2) is 6.52. The summed E-state index contributed by atoms with van der Waals surface area (Å²) in [5.41, 5.74) is 1.24. The first-order valence-electron chi connectivity index (χ1n) is 8.14. The molecule has 9 heteroatoms. The number of ether oxygens (including phenoxy) is 1. The largest absolute Gasteiger partial charge is 0.859 e. The number of allylic oxidation sites excluding steroid dienone is 1. The fraction of sp³-hybridized carbons (Fsp3) is 0.235. The van der Waals surface area contributed by atoms with Crippen molar-refractivity contribution in [2.24, 2.45) is 4.99 Å². The number of nitrogens with one attached hydrogen (secondary N) is 1. The van der Waals surface area contributed by atoms with Gasteiger partial charge < -0.3 is 24.6 Å². The van der Waals surface area contributed by atoms with Crippen molar-refractivity contribution in [2.45, 2.75) is 0 Å². The van der Waals surface area contributed by atoms with Crippen LogP contribution in [0.15, 0.2) is 53.2 Å². The molecule has 1 aromatic carbocycles. The first kappa shape index (κ1) is 16.2. The molecule has 2 aliphatic heterocycles. The third-order valence-electron chi connectivity index (χ3n) is 4.34. The molecular formula is C17H16N5O4-. The van der Waals surface area contributed by atoms with Crippen molar-refractivity contribution in [1.82, 2.24) is 14.8 Å². The monoisotopic (exact) mass is 354 g/mol. The minimum absolute atomic E-state index is 0.0428. The quantitative estimate of drug-likeness (QED) is 0.497. The van der Waals surface area contributed by atoms with E-state index in [0.717, 1.165) is 10.9 Å². The highest BCUT2D eigenvalue weighted by Crippen LogP contribution is 2.25. The van der Waals surface area contributed by atoms with Gasteiger partial charge in [-0.3, -0.25) is 10.1 Å². The van der Waals surface area contributed by atoms with Crippen molar-refractivity contribution in [3.8, 4) is 0 Å². The molecule has 0 radical (unpaired) electrons. The van der Waals surface area contributed by atoms with Crippen LogP contribution in [0.4, 0.5) is 5.69 Å². The van der Waals surface area contributed by atoms with E-state index >= 15 is 0 Å². The molecule has 0 saturated carbocycles. The van der Waals surface area contributed by atoms with Gasteiger partial charge >= 0.3 is 0 Å². The molecule has 1 aromatic heterocycles. The molecule has 3 heterocycles. The molecule has 0 bridgehead atoms. The number of nitrogens with zero attached hydrogens (tertiary/aromatic N) is 4. The molecule has 134 valence electrons. The number of nitro groups is 1. The summed E-state index contributed by atoms with van der Waals surface area (Å²) >= 11 is 0. The van der Waals surface area contributed by atoms with Crippen molar-refractivity contribution in [2.75, 3.05) is 26.3 Å². The third kappa shape index (κ3) is 2.88. The maximum Gasteiger partial charge on any atom is 0.270 e. The average molecular weight is 354 g/mol. The number of aliphatic imine (C=N–C) groups is 1. The standard InChI is InChI=1S/C17H17N5O4/c23-17(20-5-7-26-8-6-20)14-10-19-16(11-18-14)21-4-3-12-9-13(22(24)25)1-2-15(12)21/h1-4,9-11,18,23H,5-8H2/p-1. The van der Waals surface area contributed by atoms with Gasteiger partial charge in [0.2, 0.25) is 0 Å². The van der Waals surface area contributed by atoms with Crippen molar-refractivity contribution in [3.63, 3.8) is 0 Å². The van der Waals surface area contributed by atoms with E-state index in [2.05, 4.69) is 10.3 Å². The SMILES string of the molecule is O=[N+]([O-])c1ccc2c(ccn2C2=CNC(=C([O-])N3CCOCC3)C=N2)c1. The Morgan fingerprint density at radius 3 is 2.77 bits per heavy atom. The first-order chi connectivity index (χ1) is 12.6. The van der Waals surface area contributed by atoms with Crippen LogP contribution in [-0.2, 0) is 4.74 Å². The number of aromatic nitrogens is 1. The minimum Gasteiger partial charge on any atom is -0.859 e. The van der Waals surface area contributed by atoms with Crippen LogP contribution in [0.5, 0.6) is 0 Å². The number of nitro benzene ring substituents is 1. The smallest absolute Gasteiger partial charge is 0.270 e. The second-order valence-corrected chi connectivity index (χ2v) is 5.91. The Labute approximate surface area is 148 Å². The number of hydrogen-bond acceptors (Lipinski definition) is 7. The second-order valence-electron chi connectivity index (χ2n) is 5.91. The van der Waals surface area contributed by atoms with Gasteiger partial charge in [0.05, 0.1) is 35.6 Å². The molecule has 0 unspecified atom stereocenters. The van der Waals surface area contributed by atoms with Gasteiger partial charge in [-0.1, -0.05) is 0 Å². The molecular weight excluding hydrogens is 338 g/mol. The topological polar surface area (TPSA) is 108 Å². The van der Waals surface area contributed by atoms with Gasteiger partial charge in [0, 0.05) is 43.0 Å². The van der Waals surface area contributed by atoms with Gasteiger partial charge in [0.1, 0.15) is 0 Å². The fourth-order valence-electron chi connectivity index (χ4n) is 2.98. The normalized spacial score (nSPS) is 19.2. The predicted octanol–water partition coefficient (Wildman–Crippen LogP) is 0.841. The van der Waals surface area contributed by atoms with Crippen molar-refractivity contribution in [1.29, 1.82) is 0 Å². The van der Waals surface area contributed by atoms with E-state index in [1.807, 2.05) is 0 Å². The van der Waals surface area contributed by atoms with Crippen LogP contribution in [0, 0.1) is 10.1 Å². The van der Waals surface area contributed by atoms with E-state index in [1.165, 1.54) is 18.3 Å². The van der Waals surface area contributed by atoms with E-state index in [1.54, 1.807) is 34.0 Å². The number of benzene rings is 1. The van der Waals surface area contributed by atoms with Gasteiger partial charge in [0.15, 0.2) is 5.82 Å². The number of fused-ring (bicyclic) bond motifs is 1. The highest BCUT2D eigenvalue weighted by molar-refractivity contribution is 5.89. The van der Waals surface area contributed by atoms with Gasteiger partial charge in [0.25, 0.3) is 5.69 Å². The zero-order valence-electron chi connectivity index (χ0n) is 13.8. The summed E-state index contributed by atoms with van der Waals surface area (Å²) in [6, 6.07) is 6.45.